The van der Waals surface area contributed by atoms with Gasteiger partial charge in [0.05, 0.1) is 6.33 Å². The third-order valence-electron chi connectivity index (χ3n) is 10.8. The number of imidazole rings is 1. The number of nitrogens with one attached hydrogen (secondary N) is 3. The zero-order chi connectivity index (χ0) is 29.6. The Morgan fingerprint density at radius 2 is 1.64 bits per heavy atom. The Bertz CT molecular complexity index is 1600. The van der Waals surface area contributed by atoms with Crippen LogP contribution in [0.1, 0.15) is 62.8 Å². The maximum Gasteiger partial charge on any atom is 0.320 e. The largest absolute Gasteiger partial charge is 0.354 e. The number of fused-ring (bicyclic) bond motifs is 3. The number of hydrogen-bond donors (Lipinski definition) is 3. The molecule has 230 valence electrons. The number of likely N-dealkylation sites (N-methyl/N-ethyl adjacent to an activating group) is 1. The number of rotatable bonds is 5. The molecule has 0 unspecified atom stereocenters. The molecule has 10 rings (SSSR count). The summed E-state index contributed by atoms with van der Waals surface area (Å²) >= 11 is 0. The van der Waals surface area contributed by atoms with E-state index in [0.29, 0.717) is 36.4 Å². The number of nitrogens with zero attached hydrogens (tertiary/aromatic N) is 4. The number of hydrogen-bond acceptors (Lipinski definition) is 8. The van der Waals surface area contributed by atoms with E-state index in [-0.39, 0.29) is 17.5 Å². The third-order valence-corrected chi connectivity index (χ3v) is 10.8. The molecule has 7 aliphatic rings. The normalized spacial score (nSPS) is 35.6. The minimum Gasteiger partial charge on any atom is -0.354 e. The lowest BCUT2D eigenvalue weighted by Gasteiger charge is -2.56. The molecule has 0 radical (unpaired) electrons. The van der Waals surface area contributed by atoms with Crippen molar-refractivity contribution < 1.29 is 23.8 Å². The van der Waals surface area contributed by atoms with Gasteiger partial charge >= 0.3 is 6.03 Å². The highest BCUT2D eigenvalue weighted by Crippen LogP contribution is 2.55. The molecule has 12 nitrogen and oxygen atoms in total. The molecule has 4 bridgehead atoms. The van der Waals surface area contributed by atoms with Crippen molar-refractivity contribution in [2.24, 2.45) is 17.8 Å². The summed E-state index contributed by atoms with van der Waals surface area (Å²) in [5, 5.41) is 9.19. The lowest BCUT2D eigenvalue weighted by Crippen LogP contribution is -2.60. The van der Waals surface area contributed by atoms with Crippen molar-refractivity contribution in [3.63, 3.8) is 0 Å². The molecule has 2 aliphatic heterocycles. The van der Waals surface area contributed by atoms with Crippen LogP contribution < -0.4 is 16.0 Å². The Hall–Kier alpha value is -3.61. The van der Waals surface area contributed by atoms with E-state index in [4.69, 9.17) is 14.2 Å². The fraction of sp³-hybridized carbons (Fsp3) is 0.594. The van der Waals surface area contributed by atoms with Crippen molar-refractivity contribution in [1.29, 1.82) is 0 Å². The molecule has 44 heavy (non-hydrogen) atoms. The van der Waals surface area contributed by atoms with Crippen LogP contribution in [0.3, 0.4) is 0 Å². The lowest BCUT2D eigenvalue weighted by molar-refractivity contribution is -0.210. The minimum atomic E-state index is -0.865. The van der Waals surface area contributed by atoms with Gasteiger partial charge in [0, 0.05) is 24.9 Å². The second-order valence-electron chi connectivity index (χ2n) is 13.9. The van der Waals surface area contributed by atoms with Crippen molar-refractivity contribution in [2.75, 3.05) is 11.9 Å². The number of carbonyl (C=O) groups is 2. The van der Waals surface area contributed by atoms with Crippen molar-refractivity contribution in [3.05, 3.63) is 48.0 Å². The van der Waals surface area contributed by atoms with Crippen molar-refractivity contribution >= 4 is 28.9 Å². The van der Waals surface area contributed by atoms with E-state index in [9.17, 15) is 9.59 Å². The highest BCUT2D eigenvalue weighted by molar-refractivity contribution is 5.96. The Labute approximate surface area is 254 Å². The van der Waals surface area contributed by atoms with Crippen molar-refractivity contribution in [3.8, 4) is 0 Å². The number of urea groups is 1. The number of anilines is 1. The molecule has 12 heteroatoms. The van der Waals surface area contributed by atoms with Crippen LogP contribution in [0.5, 0.6) is 0 Å². The summed E-state index contributed by atoms with van der Waals surface area (Å²) in [5.41, 5.74) is 3.16. The molecule has 3 aromatic rings. The first-order chi connectivity index (χ1) is 21.4. The van der Waals surface area contributed by atoms with E-state index in [1.165, 1.54) is 36.7 Å². The molecule has 5 aliphatic carbocycles. The SMILES string of the molecule is CCNC(=O)[C@H]1O[C@@H](n2cnc3c(NC(=O)NC45CC6CC(CC(C6)C4)C5)ncnc32)[C@@H]2OC3(Cc4ccccc4C3)O[C@@H]21. The molecule has 2 saturated heterocycles. The van der Waals surface area contributed by atoms with E-state index in [2.05, 4.69) is 43.0 Å². The quantitative estimate of drug-likeness (QED) is 0.406. The van der Waals surface area contributed by atoms with Crippen LogP contribution in [0.25, 0.3) is 11.2 Å². The zero-order valence-corrected chi connectivity index (χ0v) is 24.7. The van der Waals surface area contributed by atoms with Gasteiger partial charge in [0.2, 0.25) is 0 Å². The Morgan fingerprint density at radius 3 is 2.32 bits per heavy atom. The van der Waals surface area contributed by atoms with Gasteiger partial charge in [-0.3, -0.25) is 14.7 Å². The second-order valence-corrected chi connectivity index (χ2v) is 13.9. The number of benzene rings is 1. The van der Waals surface area contributed by atoms with Crippen LogP contribution in [0, 0.1) is 17.8 Å². The molecule has 4 heterocycles. The topological polar surface area (TPSA) is 142 Å². The van der Waals surface area contributed by atoms with E-state index >= 15 is 0 Å². The van der Waals surface area contributed by atoms with Gasteiger partial charge in [-0.25, -0.2) is 19.7 Å². The molecular formula is C32H37N7O5. The molecule has 2 aromatic heterocycles. The van der Waals surface area contributed by atoms with Crippen molar-refractivity contribution in [1.82, 2.24) is 30.2 Å². The fourth-order valence-electron chi connectivity index (χ4n) is 9.61. The van der Waals surface area contributed by atoms with Crippen molar-refractivity contribution in [2.45, 2.75) is 94.2 Å². The van der Waals surface area contributed by atoms with E-state index in [1.807, 2.05) is 19.1 Å². The third kappa shape index (κ3) is 4.17. The summed E-state index contributed by atoms with van der Waals surface area (Å²) in [5.74, 6) is 1.39. The van der Waals surface area contributed by atoms with Crippen LogP contribution in [0.2, 0.25) is 0 Å². The summed E-state index contributed by atoms with van der Waals surface area (Å²) < 4.78 is 21.4. The van der Waals surface area contributed by atoms with Crippen LogP contribution in [0.4, 0.5) is 10.6 Å². The summed E-state index contributed by atoms with van der Waals surface area (Å²) in [7, 11) is 0. The first-order valence-electron chi connectivity index (χ1n) is 16.0. The average Bonchev–Trinajstić information content (AvgIpc) is 3.73. The molecular weight excluding hydrogens is 562 g/mol. The van der Waals surface area contributed by atoms with E-state index in [1.54, 1.807) is 10.9 Å². The maximum atomic E-state index is 13.3. The van der Waals surface area contributed by atoms with Crippen LogP contribution >= 0.6 is 0 Å². The van der Waals surface area contributed by atoms with Crippen LogP contribution in [0.15, 0.2) is 36.9 Å². The van der Waals surface area contributed by atoms with E-state index in [0.717, 1.165) is 37.0 Å². The molecule has 3 amide bonds. The maximum absolute atomic E-state index is 13.3. The second kappa shape index (κ2) is 9.69. The Morgan fingerprint density at radius 1 is 0.955 bits per heavy atom. The number of carbonyl (C=O) groups excluding carboxylic acids is 2. The smallest absolute Gasteiger partial charge is 0.320 e. The molecule has 4 saturated carbocycles. The van der Waals surface area contributed by atoms with Crippen LogP contribution in [-0.4, -0.2) is 67.6 Å². The first-order valence-corrected chi connectivity index (χ1v) is 16.0. The van der Waals surface area contributed by atoms with Crippen LogP contribution in [-0.2, 0) is 31.8 Å². The monoisotopic (exact) mass is 599 g/mol. The summed E-state index contributed by atoms with van der Waals surface area (Å²) in [6.45, 7) is 2.34. The van der Waals surface area contributed by atoms with Gasteiger partial charge in [-0.1, -0.05) is 24.3 Å². The molecule has 1 spiro atoms. The average molecular weight is 600 g/mol. The number of amides is 3. The Kier molecular flexibility index (Phi) is 5.90. The highest BCUT2D eigenvalue weighted by Gasteiger charge is 2.62. The zero-order valence-electron chi connectivity index (χ0n) is 24.7. The van der Waals surface area contributed by atoms with Gasteiger partial charge in [0.25, 0.3) is 5.91 Å². The molecule has 4 atom stereocenters. The van der Waals surface area contributed by atoms with E-state index < -0.39 is 30.3 Å². The van der Waals surface area contributed by atoms with Gasteiger partial charge < -0.3 is 24.8 Å². The molecule has 3 N–H and O–H groups in total. The summed E-state index contributed by atoms with van der Waals surface area (Å²) in [6, 6.07) is 7.96. The van der Waals surface area contributed by atoms with Gasteiger partial charge in [0.15, 0.2) is 35.1 Å². The predicted molar refractivity (Wildman–Crippen MR) is 157 cm³/mol. The van der Waals surface area contributed by atoms with Gasteiger partial charge in [-0.05, 0) is 74.3 Å². The first kappa shape index (κ1) is 26.8. The molecule has 1 aromatic carbocycles. The number of ether oxygens (including phenoxy) is 3. The summed E-state index contributed by atoms with van der Waals surface area (Å²) in [4.78, 5) is 40.0. The highest BCUT2D eigenvalue weighted by atomic mass is 16.8. The van der Waals surface area contributed by atoms with Gasteiger partial charge in [0.1, 0.15) is 18.5 Å². The standard InChI is InChI=1S/C32H37N7O5/c1-2-33-28(40)24-23-25(44-32(43-23)13-20-5-3-4-6-21(20)14-32)29(42-24)39-16-36-22-26(34-15-35-27(22)39)37-30(41)38-31-10-17-7-18(11-31)9-19(8-17)12-31/h3-6,15-19,23-25,29H,2,7-14H2,1H3,(H,33,40)(H2,34,35,37,38,41)/t17?,18?,19?,23-,24+,25-,29-,31?/m1/s1. The van der Waals surface area contributed by atoms with Gasteiger partial charge in [-0.15, -0.1) is 0 Å². The minimum absolute atomic E-state index is 0.124. The summed E-state index contributed by atoms with van der Waals surface area (Å²) in [6.07, 6.45) is 8.57. The predicted octanol–water partition coefficient (Wildman–Crippen LogP) is 3.23. The number of aromatic nitrogens is 4. The fourth-order valence-corrected chi connectivity index (χ4v) is 9.61. The lowest BCUT2D eigenvalue weighted by atomic mass is 9.53. The van der Waals surface area contributed by atoms with Gasteiger partial charge in [-0.2, -0.15) is 0 Å². The molecule has 6 fully saturated rings. The Balaban J connectivity index is 0.984.